The van der Waals surface area contributed by atoms with Crippen LogP contribution < -0.4 is 19.6 Å². The van der Waals surface area contributed by atoms with Gasteiger partial charge in [0.15, 0.2) is 28.8 Å². The summed E-state index contributed by atoms with van der Waals surface area (Å²) in [4.78, 5) is 25.5. The highest BCUT2D eigenvalue weighted by Gasteiger charge is 2.35. The largest absolute Gasteiger partial charge is 0.507 e. The summed E-state index contributed by atoms with van der Waals surface area (Å²) in [6, 6.07) is 9.92. The fourth-order valence-electron chi connectivity index (χ4n) is 4.46. The standard InChI is InChI=1S/C25H16O10/c26-13-3-1-11(5-14(13)27)24-23(31)22(30)21-15(28)8-18-20(25(21)35-24)12(7-19(29)34-18)10-2-4-16-17(6-10)33-9-32-16/h1-6,8,12,26-28,31H,7,9H2. The maximum atomic E-state index is 13.1. The number of ether oxygens (including phenoxy) is 3. The number of phenolic OH excluding ortho intramolecular Hbond substituents is 3. The van der Waals surface area contributed by atoms with Gasteiger partial charge in [0.25, 0.3) is 0 Å². The molecular formula is C25H16O10. The molecule has 1 aromatic heterocycles. The quantitative estimate of drug-likeness (QED) is 0.192. The molecule has 35 heavy (non-hydrogen) atoms. The molecule has 0 bridgehead atoms. The highest BCUT2D eigenvalue weighted by molar-refractivity contribution is 5.94. The molecule has 0 saturated heterocycles. The third-order valence-corrected chi connectivity index (χ3v) is 6.10. The SMILES string of the molecule is O=C1CC(c2ccc3c(c2)OCO3)c2c(cc(O)c3c(=O)c(O)c(-c4ccc(O)c(O)c4)oc23)O1. The number of phenols is 3. The number of hydrogen-bond acceptors (Lipinski definition) is 10. The lowest BCUT2D eigenvalue weighted by molar-refractivity contribution is -0.135. The lowest BCUT2D eigenvalue weighted by Gasteiger charge is -2.26. The Kier molecular flexibility index (Phi) is 4.34. The number of aromatic hydroxyl groups is 4. The van der Waals surface area contributed by atoms with Gasteiger partial charge in [0.05, 0.1) is 6.42 Å². The number of esters is 1. The first-order valence-corrected chi connectivity index (χ1v) is 10.5. The second kappa shape index (κ2) is 7.32. The van der Waals surface area contributed by atoms with Crippen molar-refractivity contribution in [3.63, 3.8) is 0 Å². The van der Waals surface area contributed by atoms with Gasteiger partial charge in [0, 0.05) is 23.1 Å². The highest BCUT2D eigenvalue weighted by atomic mass is 16.7. The Morgan fingerprint density at radius 2 is 1.60 bits per heavy atom. The zero-order valence-electron chi connectivity index (χ0n) is 17.8. The van der Waals surface area contributed by atoms with E-state index in [1.807, 2.05) is 0 Å². The Hall–Kier alpha value is -4.86. The van der Waals surface area contributed by atoms with E-state index >= 15 is 0 Å². The number of rotatable bonds is 2. The van der Waals surface area contributed by atoms with Crippen molar-refractivity contribution in [1.82, 2.24) is 0 Å². The number of benzene rings is 3. The van der Waals surface area contributed by atoms with E-state index in [2.05, 4.69) is 0 Å². The van der Waals surface area contributed by atoms with Gasteiger partial charge < -0.3 is 39.1 Å². The summed E-state index contributed by atoms with van der Waals surface area (Å²) in [6.07, 6.45) is -0.0908. The average Bonchev–Trinajstić information content (AvgIpc) is 3.30. The molecule has 4 aromatic rings. The smallest absolute Gasteiger partial charge is 0.312 e. The fourth-order valence-corrected chi connectivity index (χ4v) is 4.46. The Bertz CT molecular complexity index is 1620. The number of carbonyl (C=O) groups excluding carboxylic acids is 1. The molecule has 0 aliphatic carbocycles. The minimum Gasteiger partial charge on any atom is -0.507 e. The summed E-state index contributed by atoms with van der Waals surface area (Å²) in [6.45, 7) is 0.0653. The van der Waals surface area contributed by atoms with Crippen molar-refractivity contribution in [2.24, 2.45) is 0 Å². The topological polar surface area (TPSA) is 156 Å². The van der Waals surface area contributed by atoms with Crippen molar-refractivity contribution < 1.29 is 43.8 Å². The first-order chi connectivity index (χ1) is 16.8. The molecule has 3 aromatic carbocycles. The predicted octanol–water partition coefficient (Wildman–Crippen LogP) is 3.45. The van der Waals surface area contributed by atoms with Crippen molar-refractivity contribution in [1.29, 1.82) is 0 Å². The van der Waals surface area contributed by atoms with Crippen molar-refractivity contribution >= 4 is 16.9 Å². The van der Waals surface area contributed by atoms with E-state index in [1.54, 1.807) is 18.2 Å². The number of fused-ring (bicyclic) bond motifs is 4. The van der Waals surface area contributed by atoms with Crippen LogP contribution in [-0.4, -0.2) is 33.2 Å². The van der Waals surface area contributed by atoms with Crippen LogP contribution in [0.4, 0.5) is 0 Å². The molecule has 0 spiro atoms. The summed E-state index contributed by atoms with van der Waals surface area (Å²) < 4.78 is 22.1. The molecule has 3 heterocycles. The average molecular weight is 476 g/mol. The Balaban J connectivity index is 1.65. The number of hydrogen-bond donors (Lipinski definition) is 4. The lowest BCUT2D eigenvalue weighted by Crippen LogP contribution is -2.22. The molecule has 10 nitrogen and oxygen atoms in total. The second-order valence-electron chi connectivity index (χ2n) is 8.17. The van der Waals surface area contributed by atoms with Crippen LogP contribution in [-0.2, 0) is 4.79 Å². The summed E-state index contributed by atoms with van der Waals surface area (Å²) in [5.74, 6) is -2.68. The molecule has 176 valence electrons. The first-order valence-electron chi connectivity index (χ1n) is 10.5. The summed E-state index contributed by atoms with van der Waals surface area (Å²) in [5.41, 5.74) is 0.0496. The fraction of sp³-hybridized carbons (Fsp3) is 0.120. The summed E-state index contributed by atoms with van der Waals surface area (Å²) in [5, 5.41) is 40.4. The molecule has 0 radical (unpaired) electrons. The highest BCUT2D eigenvalue weighted by Crippen LogP contribution is 2.48. The molecular weight excluding hydrogens is 460 g/mol. The van der Waals surface area contributed by atoms with Crippen LogP contribution in [0.3, 0.4) is 0 Å². The third-order valence-electron chi connectivity index (χ3n) is 6.10. The van der Waals surface area contributed by atoms with Gasteiger partial charge in [-0.2, -0.15) is 0 Å². The minimum absolute atomic E-state index is 0.00209. The van der Waals surface area contributed by atoms with Gasteiger partial charge in [-0.05, 0) is 35.9 Å². The van der Waals surface area contributed by atoms with Gasteiger partial charge in [-0.1, -0.05) is 6.07 Å². The van der Waals surface area contributed by atoms with Gasteiger partial charge in [-0.3, -0.25) is 9.59 Å². The minimum atomic E-state index is -0.921. The molecule has 1 atom stereocenters. The van der Waals surface area contributed by atoms with Crippen LogP contribution in [0.2, 0.25) is 0 Å². The molecule has 1 unspecified atom stereocenters. The van der Waals surface area contributed by atoms with Gasteiger partial charge in [-0.25, -0.2) is 0 Å². The Morgan fingerprint density at radius 1 is 0.800 bits per heavy atom. The van der Waals surface area contributed by atoms with E-state index in [0.717, 1.165) is 12.1 Å². The maximum Gasteiger partial charge on any atom is 0.312 e. The van der Waals surface area contributed by atoms with Crippen molar-refractivity contribution in [2.45, 2.75) is 12.3 Å². The molecule has 0 amide bonds. The lowest BCUT2D eigenvalue weighted by atomic mass is 9.85. The molecule has 2 aliphatic heterocycles. The summed E-state index contributed by atoms with van der Waals surface area (Å²) in [7, 11) is 0. The van der Waals surface area contributed by atoms with Crippen molar-refractivity contribution in [3.05, 3.63) is 63.8 Å². The zero-order valence-corrected chi connectivity index (χ0v) is 17.8. The zero-order chi connectivity index (χ0) is 24.4. The predicted molar refractivity (Wildman–Crippen MR) is 119 cm³/mol. The van der Waals surface area contributed by atoms with Crippen LogP contribution in [0, 0.1) is 0 Å². The van der Waals surface area contributed by atoms with Crippen molar-refractivity contribution in [2.75, 3.05) is 6.79 Å². The molecule has 6 rings (SSSR count). The van der Waals surface area contributed by atoms with Gasteiger partial charge in [0.1, 0.15) is 22.5 Å². The molecule has 4 N–H and O–H groups in total. The van der Waals surface area contributed by atoms with Crippen LogP contribution in [0.15, 0.2) is 51.7 Å². The normalized spacial score (nSPS) is 16.2. The van der Waals surface area contributed by atoms with Gasteiger partial charge >= 0.3 is 5.97 Å². The van der Waals surface area contributed by atoms with E-state index in [9.17, 15) is 30.0 Å². The molecule has 0 fully saturated rings. The molecule has 10 heteroatoms. The van der Waals surface area contributed by atoms with Crippen LogP contribution in [0.25, 0.3) is 22.3 Å². The second-order valence-corrected chi connectivity index (χ2v) is 8.17. The van der Waals surface area contributed by atoms with Gasteiger partial charge in [-0.15, -0.1) is 0 Å². The van der Waals surface area contributed by atoms with Gasteiger partial charge in [0.2, 0.25) is 18.0 Å². The Morgan fingerprint density at radius 3 is 2.40 bits per heavy atom. The first kappa shape index (κ1) is 20.7. The van der Waals surface area contributed by atoms with E-state index < -0.39 is 40.3 Å². The van der Waals surface area contributed by atoms with Crippen LogP contribution in [0.1, 0.15) is 23.5 Å². The summed E-state index contributed by atoms with van der Waals surface area (Å²) >= 11 is 0. The maximum absolute atomic E-state index is 13.1. The van der Waals surface area contributed by atoms with E-state index in [1.165, 1.54) is 12.1 Å². The molecule has 0 saturated carbocycles. The van der Waals surface area contributed by atoms with E-state index in [4.69, 9.17) is 18.6 Å². The van der Waals surface area contributed by atoms with Crippen molar-refractivity contribution in [3.8, 4) is 51.6 Å². The monoisotopic (exact) mass is 476 g/mol. The number of carbonyl (C=O) groups is 1. The van der Waals surface area contributed by atoms with E-state index in [0.29, 0.717) is 22.6 Å². The van der Waals surface area contributed by atoms with E-state index in [-0.39, 0.29) is 41.3 Å². The molecule has 2 aliphatic rings. The van der Waals surface area contributed by atoms with Crippen LogP contribution in [0.5, 0.6) is 40.2 Å². The van der Waals surface area contributed by atoms with Crippen LogP contribution >= 0.6 is 0 Å². The third kappa shape index (κ3) is 3.11. The Labute approximate surface area is 195 Å².